The van der Waals surface area contributed by atoms with Crippen molar-refractivity contribution in [3.63, 3.8) is 0 Å². The van der Waals surface area contributed by atoms with Gasteiger partial charge in [0.1, 0.15) is 16.9 Å². The number of nitrogens with two attached hydrogens (primary N) is 2. The van der Waals surface area contributed by atoms with E-state index in [0.717, 1.165) is 50.5 Å². The lowest BCUT2D eigenvalue weighted by Gasteiger charge is -2.37. The zero-order valence-corrected chi connectivity index (χ0v) is 18.4. The van der Waals surface area contributed by atoms with Gasteiger partial charge in [0.15, 0.2) is 0 Å². The Morgan fingerprint density at radius 2 is 1.97 bits per heavy atom. The molecule has 1 aromatic rings. The second-order valence-corrected chi connectivity index (χ2v) is 10.1. The Labute approximate surface area is 186 Å². The number of carbonyl (C=O) groups is 2. The van der Waals surface area contributed by atoms with E-state index in [2.05, 4.69) is 9.80 Å². The predicted molar refractivity (Wildman–Crippen MR) is 119 cm³/mol. The molecule has 1 amide bonds. The summed E-state index contributed by atoms with van der Waals surface area (Å²) in [7, 11) is -0.919. The van der Waals surface area contributed by atoms with E-state index in [-0.39, 0.29) is 17.3 Å². The van der Waals surface area contributed by atoms with Crippen LogP contribution in [-0.2, 0) is 4.79 Å². The van der Waals surface area contributed by atoms with Gasteiger partial charge in [0.05, 0.1) is 0 Å². The number of amides is 1. The fraction of sp³-hybridized carbons (Fsp3) is 0.600. The predicted octanol–water partition coefficient (Wildman–Crippen LogP) is 0.0276. The summed E-state index contributed by atoms with van der Waals surface area (Å²) in [5.74, 6) is -0.165. The topological polar surface area (TPSA) is 142 Å². The van der Waals surface area contributed by atoms with Crippen molar-refractivity contribution in [1.29, 1.82) is 0 Å². The normalized spacial score (nSPS) is 25.2. The van der Waals surface area contributed by atoms with Crippen molar-refractivity contribution in [2.24, 2.45) is 11.5 Å². The molecule has 1 saturated heterocycles. The quantitative estimate of drug-likeness (QED) is 0.320. The van der Waals surface area contributed by atoms with Crippen LogP contribution >= 0.6 is 11.8 Å². The smallest absolute Gasteiger partial charge is 0.526 e. The summed E-state index contributed by atoms with van der Waals surface area (Å²) in [4.78, 5) is 28.5. The second-order valence-electron chi connectivity index (χ2n) is 8.92. The Kier molecular flexibility index (Phi) is 6.24. The number of carboxylic acids is 1. The Morgan fingerprint density at radius 3 is 2.61 bits per heavy atom. The zero-order valence-electron chi connectivity index (χ0n) is 17.6. The van der Waals surface area contributed by atoms with Gasteiger partial charge in [-0.1, -0.05) is 6.07 Å². The van der Waals surface area contributed by atoms with Gasteiger partial charge in [-0.05, 0) is 30.9 Å². The molecule has 1 aliphatic carbocycles. The maximum Gasteiger partial charge on any atom is 0.526 e. The summed E-state index contributed by atoms with van der Waals surface area (Å²) < 4.78 is 5.59. The second kappa shape index (κ2) is 8.63. The summed E-state index contributed by atoms with van der Waals surface area (Å²) in [6.07, 6.45) is 0.842. The van der Waals surface area contributed by atoms with Crippen LogP contribution in [0.25, 0.3) is 0 Å². The standard InChI is InChI=1S/C20H29BN4O5S/c1-20(23,19(22)28)11-25-6-4-24(5-7-25)8-9-31-15-3-2-12-13-10-14(13)21(29)30-17(12)16(15)18(26)27/h2-3,13-14,29H,4-11,23H2,1H3,(H2,22,28)(H,26,27)/t13?,14?,20-/m1/s1. The lowest BCUT2D eigenvalue weighted by Crippen LogP contribution is -2.59. The molecular weight excluding hydrogens is 419 g/mol. The number of hydrogen-bond acceptors (Lipinski definition) is 8. The van der Waals surface area contributed by atoms with Crippen LogP contribution < -0.4 is 16.1 Å². The SMILES string of the molecule is C[C@@](N)(CN1CCN(CCSc2ccc3c(c2C(=O)O)OB(O)C2CC32)CC1)C(N)=O. The van der Waals surface area contributed by atoms with Gasteiger partial charge in [-0.3, -0.25) is 14.6 Å². The highest BCUT2D eigenvalue weighted by Crippen LogP contribution is 2.60. The zero-order chi connectivity index (χ0) is 22.3. The van der Waals surface area contributed by atoms with Crippen molar-refractivity contribution in [3.8, 4) is 5.75 Å². The monoisotopic (exact) mass is 448 g/mol. The van der Waals surface area contributed by atoms with Gasteiger partial charge < -0.3 is 26.3 Å². The molecule has 0 bridgehead atoms. The number of thioether (sulfide) groups is 1. The Bertz CT molecular complexity index is 877. The first kappa shape index (κ1) is 22.4. The largest absolute Gasteiger partial charge is 0.535 e. The number of hydrogen-bond donors (Lipinski definition) is 4. The van der Waals surface area contributed by atoms with E-state index in [1.807, 2.05) is 12.1 Å². The number of carbonyl (C=O) groups excluding carboxylic acids is 1. The highest BCUT2D eigenvalue weighted by atomic mass is 32.2. The van der Waals surface area contributed by atoms with Crippen molar-refractivity contribution in [1.82, 2.24) is 9.80 Å². The van der Waals surface area contributed by atoms with Crippen molar-refractivity contribution < 1.29 is 24.4 Å². The fourth-order valence-corrected chi connectivity index (χ4v) is 5.47. The maximum absolute atomic E-state index is 11.9. The van der Waals surface area contributed by atoms with Crippen molar-refractivity contribution in [3.05, 3.63) is 23.3 Å². The van der Waals surface area contributed by atoms with Crippen LogP contribution in [0.1, 0.15) is 35.2 Å². The van der Waals surface area contributed by atoms with E-state index in [9.17, 15) is 19.7 Å². The van der Waals surface area contributed by atoms with Crippen molar-refractivity contribution >= 4 is 30.8 Å². The molecule has 168 valence electrons. The molecule has 3 aliphatic rings. The van der Waals surface area contributed by atoms with Crippen LogP contribution in [0.5, 0.6) is 5.75 Å². The average molecular weight is 448 g/mol. The molecule has 0 spiro atoms. The number of nitrogens with zero attached hydrogens (tertiary/aromatic N) is 2. The Morgan fingerprint density at radius 1 is 1.29 bits per heavy atom. The molecule has 6 N–H and O–H groups in total. The van der Waals surface area contributed by atoms with E-state index in [0.29, 0.717) is 17.2 Å². The van der Waals surface area contributed by atoms with E-state index in [1.165, 1.54) is 11.8 Å². The molecule has 0 radical (unpaired) electrons. The van der Waals surface area contributed by atoms with Crippen LogP contribution in [0.3, 0.4) is 0 Å². The Hall–Kier alpha value is -1.79. The minimum absolute atomic E-state index is 0.0893. The van der Waals surface area contributed by atoms with Crippen LogP contribution in [0.4, 0.5) is 0 Å². The van der Waals surface area contributed by atoms with Crippen molar-refractivity contribution in [2.75, 3.05) is 45.0 Å². The third-order valence-electron chi connectivity index (χ3n) is 6.45. The molecule has 1 saturated carbocycles. The van der Waals surface area contributed by atoms with Crippen LogP contribution in [0.2, 0.25) is 5.82 Å². The third-order valence-corrected chi connectivity index (χ3v) is 7.49. The Balaban J connectivity index is 1.31. The number of carboxylic acid groups (broad SMARTS) is 1. The van der Waals surface area contributed by atoms with Crippen LogP contribution in [0.15, 0.2) is 17.0 Å². The number of primary amides is 1. The molecule has 0 aromatic heterocycles. The highest BCUT2D eigenvalue weighted by Gasteiger charge is 2.54. The molecule has 11 heteroatoms. The number of piperazine rings is 1. The molecule has 4 rings (SSSR count). The highest BCUT2D eigenvalue weighted by molar-refractivity contribution is 7.99. The fourth-order valence-electron chi connectivity index (χ4n) is 4.42. The lowest BCUT2D eigenvalue weighted by molar-refractivity contribution is -0.123. The molecule has 1 aromatic carbocycles. The summed E-state index contributed by atoms with van der Waals surface area (Å²) in [5.41, 5.74) is 11.4. The van der Waals surface area contributed by atoms with E-state index in [4.69, 9.17) is 16.1 Å². The number of rotatable bonds is 8. The number of benzene rings is 1. The molecule has 2 aliphatic heterocycles. The third kappa shape index (κ3) is 4.70. The average Bonchev–Trinajstić information content (AvgIpc) is 3.50. The first-order chi connectivity index (χ1) is 14.7. The van der Waals surface area contributed by atoms with Gasteiger partial charge in [-0.2, -0.15) is 0 Å². The van der Waals surface area contributed by atoms with E-state index < -0.39 is 24.5 Å². The van der Waals surface area contributed by atoms with E-state index in [1.54, 1.807) is 6.92 Å². The minimum atomic E-state index is -1.03. The van der Waals surface area contributed by atoms with Crippen LogP contribution in [-0.4, -0.2) is 89.5 Å². The lowest BCUT2D eigenvalue weighted by atomic mass is 9.77. The molecule has 2 fully saturated rings. The van der Waals surface area contributed by atoms with Gasteiger partial charge in [0.25, 0.3) is 0 Å². The summed E-state index contributed by atoms with van der Waals surface area (Å²) in [5, 5.41) is 19.8. The van der Waals surface area contributed by atoms with Gasteiger partial charge in [0.2, 0.25) is 5.91 Å². The summed E-state index contributed by atoms with van der Waals surface area (Å²) in [6, 6.07) is 3.81. The van der Waals surface area contributed by atoms with Crippen LogP contribution in [0, 0.1) is 0 Å². The van der Waals surface area contributed by atoms with Gasteiger partial charge in [0, 0.05) is 55.7 Å². The maximum atomic E-state index is 11.9. The summed E-state index contributed by atoms with van der Waals surface area (Å²) in [6.45, 7) is 6.22. The van der Waals surface area contributed by atoms with Gasteiger partial charge in [-0.15, -0.1) is 11.8 Å². The number of aromatic carboxylic acids is 1. The summed E-state index contributed by atoms with van der Waals surface area (Å²) >= 11 is 1.49. The molecule has 3 atom stereocenters. The molecule has 31 heavy (non-hydrogen) atoms. The molecule has 2 unspecified atom stereocenters. The van der Waals surface area contributed by atoms with Gasteiger partial charge in [-0.25, -0.2) is 4.79 Å². The van der Waals surface area contributed by atoms with Gasteiger partial charge >= 0.3 is 13.1 Å². The van der Waals surface area contributed by atoms with Crippen molar-refractivity contribution in [2.45, 2.75) is 35.5 Å². The minimum Gasteiger partial charge on any atom is -0.535 e. The van der Waals surface area contributed by atoms with E-state index >= 15 is 0 Å². The molecular formula is C20H29BN4O5S. The first-order valence-electron chi connectivity index (χ1n) is 10.6. The number of fused-ring (bicyclic) bond motifs is 3. The first-order valence-corrected chi connectivity index (χ1v) is 11.6. The molecule has 2 heterocycles. The molecule has 9 nitrogen and oxygen atoms in total.